The molecule has 0 aromatic heterocycles. The van der Waals surface area contributed by atoms with Crippen LogP contribution in [0.25, 0.3) is 0 Å². The molecule has 2 atom stereocenters. The fourth-order valence-electron chi connectivity index (χ4n) is 2.66. The number of allylic oxidation sites excluding steroid dienone is 3. The summed E-state index contributed by atoms with van der Waals surface area (Å²) >= 11 is 0. The standard InChI is InChI=1S/C12H14O4/c1-2-6-3-7-5-9(8(7)4-6)10(11(13)14)12(15)16/h4,7-8H,2-3,5H2,1H3,(H,13,14)(H,15,16)/t7-,8-/m1/s1. The molecular weight excluding hydrogens is 208 g/mol. The predicted octanol–water partition coefficient (Wildman–Crippen LogP) is 1.83. The minimum Gasteiger partial charge on any atom is -0.477 e. The normalized spacial score (nSPS) is 26.8. The molecule has 0 amide bonds. The minimum atomic E-state index is -1.32. The van der Waals surface area contributed by atoms with E-state index in [4.69, 9.17) is 10.2 Å². The van der Waals surface area contributed by atoms with E-state index < -0.39 is 17.5 Å². The highest BCUT2D eigenvalue weighted by atomic mass is 16.4. The Labute approximate surface area is 93.3 Å². The van der Waals surface area contributed by atoms with Gasteiger partial charge in [0.1, 0.15) is 5.57 Å². The van der Waals surface area contributed by atoms with Crippen LogP contribution in [0.1, 0.15) is 26.2 Å². The van der Waals surface area contributed by atoms with Crippen molar-refractivity contribution in [3.63, 3.8) is 0 Å². The van der Waals surface area contributed by atoms with Crippen molar-refractivity contribution in [2.75, 3.05) is 0 Å². The smallest absolute Gasteiger partial charge is 0.343 e. The average Bonchev–Trinajstić information content (AvgIpc) is 2.50. The first-order chi connectivity index (χ1) is 7.54. The largest absolute Gasteiger partial charge is 0.477 e. The molecule has 0 aliphatic heterocycles. The van der Waals surface area contributed by atoms with Crippen LogP contribution in [-0.4, -0.2) is 22.2 Å². The second-order valence-corrected chi connectivity index (χ2v) is 4.38. The zero-order valence-electron chi connectivity index (χ0n) is 9.06. The van der Waals surface area contributed by atoms with Crippen LogP contribution in [0, 0.1) is 11.8 Å². The molecule has 1 saturated carbocycles. The summed E-state index contributed by atoms with van der Waals surface area (Å²) in [6.07, 6.45) is 4.64. The molecule has 4 heteroatoms. The maximum atomic E-state index is 10.9. The lowest BCUT2D eigenvalue weighted by molar-refractivity contribution is -0.140. The minimum absolute atomic E-state index is 0.0668. The van der Waals surface area contributed by atoms with Gasteiger partial charge < -0.3 is 10.2 Å². The van der Waals surface area contributed by atoms with E-state index in [0.717, 1.165) is 12.8 Å². The lowest BCUT2D eigenvalue weighted by Crippen LogP contribution is -2.29. The number of fused-ring (bicyclic) bond motifs is 1. The van der Waals surface area contributed by atoms with Crippen molar-refractivity contribution < 1.29 is 19.8 Å². The molecular formula is C12H14O4. The number of carboxylic acid groups (broad SMARTS) is 2. The number of aliphatic carboxylic acids is 2. The maximum absolute atomic E-state index is 10.9. The molecule has 0 saturated heterocycles. The summed E-state index contributed by atoms with van der Waals surface area (Å²) in [5.74, 6) is -2.13. The summed E-state index contributed by atoms with van der Waals surface area (Å²) in [6, 6.07) is 0. The second-order valence-electron chi connectivity index (χ2n) is 4.38. The monoisotopic (exact) mass is 222 g/mol. The molecule has 2 N–H and O–H groups in total. The summed E-state index contributed by atoms with van der Waals surface area (Å²) in [6.45, 7) is 2.06. The van der Waals surface area contributed by atoms with E-state index in [1.807, 2.05) is 0 Å². The van der Waals surface area contributed by atoms with Gasteiger partial charge in [0.25, 0.3) is 0 Å². The summed E-state index contributed by atoms with van der Waals surface area (Å²) in [5.41, 5.74) is 1.49. The predicted molar refractivity (Wildman–Crippen MR) is 56.9 cm³/mol. The van der Waals surface area contributed by atoms with Crippen LogP contribution in [-0.2, 0) is 9.59 Å². The molecule has 2 rings (SSSR count). The Bertz CT molecular complexity index is 401. The van der Waals surface area contributed by atoms with E-state index in [1.165, 1.54) is 5.57 Å². The molecule has 0 aromatic rings. The fourth-order valence-corrected chi connectivity index (χ4v) is 2.66. The lowest BCUT2D eigenvalue weighted by Gasteiger charge is -2.34. The van der Waals surface area contributed by atoms with Crippen molar-refractivity contribution in [1.82, 2.24) is 0 Å². The van der Waals surface area contributed by atoms with E-state index in [1.54, 1.807) is 0 Å². The number of carboxylic acids is 2. The third kappa shape index (κ3) is 1.54. The van der Waals surface area contributed by atoms with Gasteiger partial charge in [-0.05, 0) is 30.8 Å². The van der Waals surface area contributed by atoms with Gasteiger partial charge in [-0.15, -0.1) is 0 Å². The molecule has 0 unspecified atom stereocenters. The molecule has 2 aliphatic carbocycles. The second kappa shape index (κ2) is 3.77. The quantitative estimate of drug-likeness (QED) is 0.330. The van der Waals surface area contributed by atoms with Crippen molar-refractivity contribution in [3.8, 4) is 0 Å². The van der Waals surface area contributed by atoms with Gasteiger partial charge in [-0.1, -0.05) is 18.6 Å². The van der Waals surface area contributed by atoms with Gasteiger partial charge in [-0.3, -0.25) is 0 Å². The van der Waals surface area contributed by atoms with Crippen LogP contribution < -0.4 is 0 Å². The van der Waals surface area contributed by atoms with Gasteiger partial charge in [0, 0.05) is 5.92 Å². The molecule has 2 aliphatic rings. The highest BCUT2D eigenvalue weighted by Gasteiger charge is 2.43. The first-order valence-electron chi connectivity index (χ1n) is 5.43. The van der Waals surface area contributed by atoms with Gasteiger partial charge in [0.15, 0.2) is 0 Å². The Balaban J connectivity index is 2.30. The molecule has 86 valence electrons. The first kappa shape index (κ1) is 10.9. The highest BCUT2D eigenvalue weighted by Crippen LogP contribution is 2.51. The van der Waals surface area contributed by atoms with Crippen molar-refractivity contribution >= 4 is 11.9 Å². The van der Waals surface area contributed by atoms with E-state index in [2.05, 4.69) is 13.0 Å². The Kier molecular flexibility index (Phi) is 2.58. The highest BCUT2D eigenvalue weighted by molar-refractivity contribution is 6.13. The number of hydrogen-bond donors (Lipinski definition) is 2. The number of carbonyl (C=O) groups is 2. The van der Waals surface area contributed by atoms with E-state index in [9.17, 15) is 9.59 Å². The summed E-state index contributed by atoms with van der Waals surface area (Å²) in [5, 5.41) is 17.7. The number of rotatable bonds is 3. The van der Waals surface area contributed by atoms with Crippen molar-refractivity contribution in [2.45, 2.75) is 26.2 Å². The van der Waals surface area contributed by atoms with Crippen molar-refractivity contribution in [3.05, 3.63) is 22.8 Å². The molecule has 1 fully saturated rings. The van der Waals surface area contributed by atoms with Gasteiger partial charge in [-0.2, -0.15) is 0 Å². The van der Waals surface area contributed by atoms with Gasteiger partial charge in [-0.25, -0.2) is 9.59 Å². The third-order valence-corrected chi connectivity index (χ3v) is 3.53. The van der Waals surface area contributed by atoms with Crippen LogP contribution in [0.2, 0.25) is 0 Å². The summed E-state index contributed by atoms with van der Waals surface area (Å²) in [4.78, 5) is 21.7. The lowest BCUT2D eigenvalue weighted by atomic mass is 9.69. The molecule has 0 radical (unpaired) electrons. The summed E-state index contributed by atoms with van der Waals surface area (Å²) in [7, 11) is 0. The topological polar surface area (TPSA) is 74.6 Å². The van der Waals surface area contributed by atoms with E-state index >= 15 is 0 Å². The summed E-state index contributed by atoms with van der Waals surface area (Å²) < 4.78 is 0. The molecule has 16 heavy (non-hydrogen) atoms. The van der Waals surface area contributed by atoms with Crippen molar-refractivity contribution in [2.24, 2.45) is 11.8 Å². The zero-order chi connectivity index (χ0) is 11.9. The first-order valence-corrected chi connectivity index (χ1v) is 5.43. The Hall–Kier alpha value is -1.58. The SMILES string of the molecule is CCC1=C[C@H]2C(=C(C(=O)O)C(=O)O)C[C@H]2C1. The van der Waals surface area contributed by atoms with E-state index in [-0.39, 0.29) is 5.92 Å². The Morgan fingerprint density at radius 1 is 1.31 bits per heavy atom. The molecule has 0 aromatic carbocycles. The van der Waals surface area contributed by atoms with Gasteiger partial charge >= 0.3 is 11.9 Å². The maximum Gasteiger partial charge on any atom is 0.343 e. The van der Waals surface area contributed by atoms with Crippen molar-refractivity contribution in [1.29, 1.82) is 0 Å². The van der Waals surface area contributed by atoms with Crippen LogP contribution in [0.15, 0.2) is 22.8 Å². The molecule has 0 bridgehead atoms. The van der Waals surface area contributed by atoms with Crippen LogP contribution in [0.3, 0.4) is 0 Å². The Morgan fingerprint density at radius 3 is 2.44 bits per heavy atom. The Morgan fingerprint density at radius 2 is 1.94 bits per heavy atom. The van der Waals surface area contributed by atoms with Crippen LogP contribution in [0.4, 0.5) is 0 Å². The van der Waals surface area contributed by atoms with Crippen LogP contribution in [0.5, 0.6) is 0 Å². The average molecular weight is 222 g/mol. The van der Waals surface area contributed by atoms with Crippen LogP contribution >= 0.6 is 0 Å². The van der Waals surface area contributed by atoms with E-state index in [0.29, 0.717) is 17.9 Å². The third-order valence-electron chi connectivity index (χ3n) is 3.53. The molecule has 0 heterocycles. The zero-order valence-corrected chi connectivity index (χ0v) is 9.06. The molecule has 0 spiro atoms. The fraction of sp³-hybridized carbons (Fsp3) is 0.500. The van der Waals surface area contributed by atoms with Gasteiger partial charge in [0.05, 0.1) is 0 Å². The van der Waals surface area contributed by atoms with Gasteiger partial charge in [0.2, 0.25) is 0 Å². The number of hydrogen-bond acceptors (Lipinski definition) is 2. The molecule has 4 nitrogen and oxygen atoms in total.